The van der Waals surface area contributed by atoms with Crippen molar-refractivity contribution < 1.29 is 33.4 Å². The van der Waals surface area contributed by atoms with Gasteiger partial charge in [0.1, 0.15) is 12.1 Å². The second-order valence-electron chi connectivity index (χ2n) is 15.4. The Hall–Kier alpha value is -3.75. The maximum Gasteiger partial charge on any atom is 0.328 e. The van der Waals surface area contributed by atoms with Crippen molar-refractivity contribution >= 4 is 29.7 Å². The van der Waals surface area contributed by atoms with Crippen LogP contribution in [-0.4, -0.2) is 162 Å². The fraction of sp³-hybridized carbons (Fsp3) is 0.732. The fourth-order valence-electron chi connectivity index (χ4n) is 7.55. The highest BCUT2D eigenvalue weighted by atomic mass is 16.5. The molecule has 0 spiro atoms. The van der Waals surface area contributed by atoms with Crippen molar-refractivity contribution in [2.45, 2.75) is 103 Å². The summed E-state index contributed by atoms with van der Waals surface area (Å²) in [6.45, 7) is 11.9. The van der Waals surface area contributed by atoms with Gasteiger partial charge in [0.2, 0.25) is 17.7 Å². The lowest BCUT2D eigenvalue weighted by molar-refractivity contribution is -0.148. The van der Waals surface area contributed by atoms with Gasteiger partial charge in [0, 0.05) is 68.5 Å². The monoisotopic (exact) mass is 774 g/mol. The van der Waals surface area contributed by atoms with E-state index in [4.69, 9.17) is 19.2 Å². The molecule has 7 unspecified atom stereocenters. The van der Waals surface area contributed by atoms with Crippen LogP contribution in [0, 0.1) is 17.8 Å². The highest BCUT2D eigenvalue weighted by Gasteiger charge is 2.43. The molecule has 0 aromatic heterocycles. The van der Waals surface area contributed by atoms with Crippen LogP contribution < -0.4 is 10.6 Å². The minimum atomic E-state index is -0.879. The zero-order chi connectivity index (χ0) is 41.4. The Morgan fingerprint density at radius 3 is 2.16 bits per heavy atom. The average molecular weight is 774 g/mol. The molecule has 1 aliphatic rings. The summed E-state index contributed by atoms with van der Waals surface area (Å²) in [6, 6.07) is 7.12. The molecule has 1 fully saturated rings. The number of benzene rings is 1. The smallest absolute Gasteiger partial charge is 0.328 e. The van der Waals surface area contributed by atoms with Crippen molar-refractivity contribution in [3.8, 4) is 0 Å². The maximum absolute atomic E-state index is 14.4. The molecule has 1 heterocycles. The normalized spacial score (nSPS) is 18.5. The van der Waals surface area contributed by atoms with Crippen molar-refractivity contribution in [3.05, 3.63) is 35.9 Å². The number of rotatable bonds is 21. The molecule has 1 aromatic rings. The van der Waals surface area contributed by atoms with Crippen LogP contribution in [0.5, 0.6) is 0 Å². The number of likely N-dealkylation sites (N-methyl/N-ethyl adjacent to an activating group) is 3. The Bertz CT molecular complexity index is 1380. The van der Waals surface area contributed by atoms with E-state index >= 15 is 0 Å². The van der Waals surface area contributed by atoms with Gasteiger partial charge in [0.15, 0.2) is 5.96 Å². The topological polar surface area (TPSA) is 145 Å². The third-order valence-electron chi connectivity index (χ3n) is 10.9. The number of ether oxygens (including phenoxy) is 3. The molecule has 0 aliphatic carbocycles. The van der Waals surface area contributed by atoms with Crippen molar-refractivity contribution in [1.82, 2.24) is 30.2 Å². The van der Waals surface area contributed by atoms with E-state index in [2.05, 4.69) is 24.5 Å². The van der Waals surface area contributed by atoms with Crippen LogP contribution in [-0.2, 0) is 39.8 Å². The van der Waals surface area contributed by atoms with E-state index in [0.29, 0.717) is 18.9 Å². The van der Waals surface area contributed by atoms with Gasteiger partial charge in [0.05, 0.1) is 43.7 Å². The third kappa shape index (κ3) is 13.2. The number of amides is 3. The molecule has 312 valence electrons. The second kappa shape index (κ2) is 23.3. The number of nitrogens with zero attached hydrogens (tertiary/aromatic N) is 5. The number of hydrogen-bond donors (Lipinski definition) is 2. The van der Waals surface area contributed by atoms with Crippen LogP contribution in [0.25, 0.3) is 0 Å². The van der Waals surface area contributed by atoms with Gasteiger partial charge in [-0.2, -0.15) is 0 Å². The number of carbonyl (C=O) groups excluding carboxylic acids is 4. The van der Waals surface area contributed by atoms with Gasteiger partial charge in [0.25, 0.3) is 0 Å². The Morgan fingerprint density at radius 2 is 1.64 bits per heavy atom. The molecule has 2 N–H and O–H groups in total. The Labute approximate surface area is 330 Å². The van der Waals surface area contributed by atoms with Gasteiger partial charge in [-0.25, -0.2) is 9.79 Å². The van der Waals surface area contributed by atoms with Crippen LogP contribution >= 0.6 is 0 Å². The average Bonchev–Trinajstić information content (AvgIpc) is 3.65. The highest BCUT2D eigenvalue weighted by molar-refractivity contribution is 5.88. The molecular formula is C41H71N7O7. The predicted molar refractivity (Wildman–Crippen MR) is 217 cm³/mol. The molecule has 1 saturated heterocycles. The Morgan fingerprint density at radius 1 is 0.982 bits per heavy atom. The van der Waals surface area contributed by atoms with E-state index in [-0.39, 0.29) is 48.4 Å². The van der Waals surface area contributed by atoms with Gasteiger partial charge in [-0.3, -0.25) is 14.4 Å². The first kappa shape index (κ1) is 47.4. The summed E-state index contributed by atoms with van der Waals surface area (Å²) in [7, 11) is 13.9. The second-order valence-corrected chi connectivity index (χ2v) is 15.4. The summed E-state index contributed by atoms with van der Waals surface area (Å²) >= 11 is 0. The quantitative estimate of drug-likeness (QED) is 0.109. The summed E-state index contributed by atoms with van der Waals surface area (Å²) in [5.41, 5.74) is 0.885. The van der Waals surface area contributed by atoms with Crippen LogP contribution in [0.15, 0.2) is 35.3 Å². The molecule has 1 aromatic carbocycles. The van der Waals surface area contributed by atoms with E-state index in [1.165, 1.54) is 7.11 Å². The van der Waals surface area contributed by atoms with Gasteiger partial charge in [-0.1, -0.05) is 71.4 Å². The number of nitrogens with one attached hydrogen (secondary N) is 2. The Balaban J connectivity index is 2.32. The number of carbonyl (C=O) groups is 4. The van der Waals surface area contributed by atoms with Crippen LogP contribution in [0.3, 0.4) is 0 Å². The molecule has 55 heavy (non-hydrogen) atoms. The van der Waals surface area contributed by atoms with Crippen molar-refractivity contribution in [3.63, 3.8) is 0 Å². The summed E-state index contributed by atoms with van der Waals surface area (Å²) in [6.07, 6.45) is 1.27. The standard InChI is InChI=1S/C41H71N7O7/c1-14-28(4)36(47(10)39(51)35(27(2)3)44-41(45(7)8)46(9)24-22-42-6)33(53-11)26-34(49)48-23-18-21-32(48)37(54-12)29(5)38(50)43-31(40(52)55-13)25-30-19-16-15-17-20-30/h15-17,19-20,27-29,31-33,35-37,42H,14,18,21-26H2,1-13H3,(H,43,50)/b44-41-/t28?,29?,31?,32-,33?,35?,36?,37?/m0/s1. The van der Waals surface area contributed by atoms with Gasteiger partial charge >= 0.3 is 5.97 Å². The van der Waals surface area contributed by atoms with E-state index in [0.717, 1.165) is 31.5 Å². The number of guanidine groups is 1. The minimum Gasteiger partial charge on any atom is -0.467 e. The first-order chi connectivity index (χ1) is 26.1. The lowest BCUT2D eigenvalue weighted by atomic mass is 9.89. The van der Waals surface area contributed by atoms with E-state index in [1.807, 2.05) is 82.2 Å². The molecular weight excluding hydrogens is 702 g/mol. The maximum atomic E-state index is 14.4. The highest BCUT2D eigenvalue weighted by Crippen LogP contribution is 2.30. The number of methoxy groups -OCH3 is 3. The summed E-state index contributed by atoms with van der Waals surface area (Å²) in [5.74, 6) is -1.21. The molecule has 14 nitrogen and oxygen atoms in total. The van der Waals surface area contributed by atoms with Gasteiger partial charge in [-0.15, -0.1) is 0 Å². The van der Waals surface area contributed by atoms with Crippen LogP contribution in [0.2, 0.25) is 0 Å². The molecule has 1 aliphatic heterocycles. The summed E-state index contributed by atoms with van der Waals surface area (Å²) in [4.78, 5) is 67.5. The fourth-order valence-corrected chi connectivity index (χ4v) is 7.55. The zero-order valence-electron chi connectivity index (χ0n) is 35.8. The number of likely N-dealkylation sites (tertiary alicyclic amines) is 1. The Kier molecular flexibility index (Phi) is 20.1. The minimum absolute atomic E-state index is 0.0126. The molecule has 0 saturated carbocycles. The number of esters is 1. The van der Waals surface area contributed by atoms with E-state index < -0.39 is 42.2 Å². The number of hydrogen-bond acceptors (Lipinski definition) is 9. The zero-order valence-corrected chi connectivity index (χ0v) is 35.8. The van der Waals surface area contributed by atoms with Crippen LogP contribution in [0.4, 0.5) is 0 Å². The van der Waals surface area contributed by atoms with Gasteiger partial charge < -0.3 is 44.4 Å². The molecule has 0 bridgehead atoms. The van der Waals surface area contributed by atoms with Gasteiger partial charge in [-0.05, 0) is 37.3 Å². The van der Waals surface area contributed by atoms with Crippen molar-refractivity contribution in [1.29, 1.82) is 0 Å². The largest absolute Gasteiger partial charge is 0.467 e. The van der Waals surface area contributed by atoms with Crippen molar-refractivity contribution in [2.75, 3.05) is 76.2 Å². The molecule has 0 radical (unpaired) electrons. The first-order valence-electron chi connectivity index (χ1n) is 19.7. The lowest BCUT2D eigenvalue weighted by Gasteiger charge is -2.40. The first-order valence-corrected chi connectivity index (χ1v) is 19.7. The van der Waals surface area contributed by atoms with Crippen molar-refractivity contribution in [2.24, 2.45) is 22.7 Å². The predicted octanol–water partition coefficient (Wildman–Crippen LogP) is 2.90. The summed E-state index contributed by atoms with van der Waals surface area (Å²) < 4.78 is 17.0. The van der Waals surface area contributed by atoms with E-state index in [1.54, 1.807) is 38.0 Å². The SMILES string of the molecule is CCC(C)C(C(CC(=O)N1CCC[C@H]1C(OC)C(C)C(=O)NC(Cc1ccccc1)C(=O)OC)OC)N(C)C(=O)C(/N=C(/N(C)C)N(C)CCNC)C(C)C. The van der Waals surface area contributed by atoms with E-state index in [9.17, 15) is 19.2 Å². The van der Waals surface area contributed by atoms with Crippen LogP contribution in [0.1, 0.15) is 65.9 Å². The summed E-state index contributed by atoms with van der Waals surface area (Å²) in [5, 5.41) is 6.04. The molecule has 8 atom stereocenters. The molecule has 3 amide bonds. The molecule has 14 heteroatoms. The lowest BCUT2D eigenvalue weighted by Crippen LogP contribution is -2.55. The third-order valence-corrected chi connectivity index (χ3v) is 10.9. The molecule has 2 rings (SSSR count). The number of aliphatic imine (C=N–C) groups is 1.